The average molecular weight is 321 g/mol. The summed E-state index contributed by atoms with van der Waals surface area (Å²) in [5, 5.41) is 0. The molecule has 102 valence electrons. The van der Waals surface area contributed by atoms with Crippen LogP contribution in [0.1, 0.15) is 31.7 Å². The quantitative estimate of drug-likeness (QED) is 0.801. The van der Waals surface area contributed by atoms with Gasteiger partial charge in [0, 0.05) is 10.9 Å². The number of anilines is 2. The van der Waals surface area contributed by atoms with Gasteiger partial charge in [0.05, 0.1) is 11.4 Å². The molecule has 5 heteroatoms. The summed E-state index contributed by atoms with van der Waals surface area (Å²) < 4.78 is 24.8. The highest BCUT2D eigenvalue weighted by Crippen LogP contribution is 2.27. The van der Waals surface area contributed by atoms with Gasteiger partial charge in [0.2, 0.25) is 6.43 Å². The van der Waals surface area contributed by atoms with Crippen molar-refractivity contribution in [1.82, 2.24) is 0 Å². The summed E-state index contributed by atoms with van der Waals surface area (Å²) in [5.41, 5.74) is 12.0. The summed E-state index contributed by atoms with van der Waals surface area (Å²) in [6, 6.07) is 3.14. The zero-order chi connectivity index (χ0) is 13.7. The first-order valence-electron chi connectivity index (χ1n) is 6.01. The number of nitrogen functional groups attached to an aromatic ring is 2. The van der Waals surface area contributed by atoms with Crippen LogP contribution in [0, 0.1) is 5.92 Å². The predicted octanol–water partition coefficient (Wildman–Crippen LogP) is 4.23. The van der Waals surface area contributed by atoms with Crippen molar-refractivity contribution < 1.29 is 8.78 Å². The van der Waals surface area contributed by atoms with Crippen LogP contribution < -0.4 is 11.5 Å². The highest BCUT2D eigenvalue weighted by Gasteiger charge is 2.10. The van der Waals surface area contributed by atoms with Crippen LogP contribution >= 0.6 is 15.9 Å². The molecule has 0 unspecified atom stereocenters. The molecule has 0 heterocycles. The molecule has 0 aliphatic heterocycles. The second-order valence-corrected chi connectivity index (χ2v) is 5.61. The average Bonchev–Trinajstić information content (AvgIpc) is 2.22. The first-order chi connectivity index (χ1) is 8.40. The highest BCUT2D eigenvalue weighted by atomic mass is 79.9. The van der Waals surface area contributed by atoms with Gasteiger partial charge in [0.15, 0.2) is 0 Å². The highest BCUT2D eigenvalue weighted by molar-refractivity contribution is 9.10. The summed E-state index contributed by atoms with van der Waals surface area (Å²) in [7, 11) is 0. The van der Waals surface area contributed by atoms with Crippen LogP contribution in [-0.2, 0) is 6.42 Å². The van der Waals surface area contributed by atoms with E-state index in [9.17, 15) is 8.78 Å². The van der Waals surface area contributed by atoms with Crippen LogP contribution in [0.3, 0.4) is 0 Å². The van der Waals surface area contributed by atoms with Crippen LogP contribution in [0.5, 0.6) is 0 Å². The maximum Gasteiger partial charge on any atom is 0.242 e. The van der Waals surface area contributed by atoms with Crippen molar-refractivity contribution in [1.29, 1.82) is 0 Å². The Balaban J connectivity index is 0.000000269. The fourth-order valence-electron chi connectivity index (χ4n) is 1.65. The second-order valence-electron chi connectivity index (χ2n) is 4.70. The van der Waals surface area contributed by atoms with Crippen molar-refractivity contribution in [3.8, 4) is 0 Å². The molecule has 1 aliphatic carbocycles. The minimum atomic E-state index is -2.41. The number of rotatable bonds is 2. The Labute approximate surface area is 115 Å². The van der Waals surface area contributed by atoms with Gasteiger partial charge in [-0.05, 0) is 23.6 Å². The van der Waals surface area contributed by atoms with Crippen LogP contribution in [0.4, 0.5) is 20.2 Å². The number of benzene rings is 1. The van der Waals surface area contributed by atoms with Gasteiger partial charge in [-0.15, -0.1) is 0 Å². The molecule has 0 radical (unpaired) electrons. The molecule has 1 aliphatic rings. The third-order valence-corrected chi connectivity index (χ3v) is 3.49. The molecule has 1 aromatic rings. The standard InChI is InChI=1S/C8H9BrF2N2.C5H10/c9-5-1-4(2-7(10)11)8(13)6(12)3-5;1-5-3-2-4-5/h1,3,7H,2,12-13H2;5H,2-4H2,1H3. The fraction of sp³-hybridized carbons (Fsp3) is 0.538. The van der Waals surface area contributed by atoms with E-state index in [-0.39, 0.29) is 12.1 Å². The number of halogens is 3. The number of hydrogen-bond donors (Lipinski definition) is 2. The Kier molecular flexibility index (Phi) is 5.85. The minimum absolute atomic E-state index is 0.239. The lowest BCUT2D eigenvalue weighted by atomic mass is 9.88. The van der Waals surface area contributed by atoms with E-state index < -0.39 is 6.43 Å². The summed E-state index contributed by atoms with van der Waals surface area (Å²) in [5.74, 6) is 1.06. The van der Waals surface area contributed by atoms with Crippen molar-refractivity contribution in [3.05, 3.63) is 22.2 Å². The Bertz CT molecular complexity index is 393. The summed E-state index contributed by atoms with van der Waals surface area (Å²) in [6.07, 6.45) is 1.69. The molecule has 18 heavy (non-hydrogen) atoms. The normalized spacial score (nSPS) is 14.9. The lowest BCUT2D eigenvalue weighted by molar-refractivity contribution is 0.149. The van der Waals surface area contributed by atoms with Crippen LogP contribution in [0.2, 0.25) is 0 Å². The topological polar surface area (TPSA) is 52.0 Å². The molecule has 1 saturated carbocycles. The van der Waals surface area contributed by atoms with Crippen LogP contribution in [0.15, 0.2) is 16.6 Å². The number of nitrogens with two attached hydrogens (primary N) is 2. The predicted molar refractivity (Wildman–Crippen MR) is 75.7 cm³/mol. The van der Waals surface area contributed by atoms with Crippen molar-refractivity contribution in [3.63, 3.8) is 0 Å². The van der Waals surface area contributed by atoms with Crippen molar-refractivity contribution in [2.24, 2.45) is 5.92 Å². The maximum absolute atomic E-state index is 12.1. The van der Waals surface area contributed by atoms with Gasteiger partial charge in [-0.1, -0.05) is 42.1 Å². The Morgan fingerprint density at radius 1 is 1.33 bits per heavy atom. The van der Waals surface area contributed by atoms with Crippen molar-refractivity contribution in [2.45, 2.75) is 39.0 Å². The summed E-state index contributed by atoms with van der Waals surface area (Å²) in [6.45, 7) is 2.31. The van der Waals surface area contributed by atoms with E-state index >= 15 is 0 Å². The van der Waals surface area contributed by atoms with E-state index in [1.54, 1.807) is 12.1 Å². The Morgan fingerprint density at radius 2 is 1.89 bits per heavy atom. The SMILES string of the molecule is CC1CCC1.Nc1cc(Br)cc(CC(F)F)c1N. The van der Waals surface area contributed by atoms with Gasteiger partial charge in [0.25, 0.3) is 0 Å². The smallest absolute Gasteiger partial charge is 0.242 e. The molecule has 0 bridgehead atoms. The second kappa shape index (κ2) is 6.92. The third kappa shape index (κ3) is 4.80. The van der Waals surface area contributed by atoms with E-state index in [1.165, 1.54) is 19.3 Å². The van der Waals surface area contributed by atoms with Gasteiger partial charge in [0.1, 0.15) is 0 Å². The minimum Gasteiger partial charge on any atom is -0.397 e. The summed E-state index contributed by atoms with van der Waals surface area (Å²) >= 11 is 3.16. The maximum atomic E-state index is 12.1. The van der Waals surface area contributed by atoms with E-state index in [2.05, 4.69) is 22.9 Å². The van der Waals surface area contributed by atoms with E-state index in [4.69, 9.17) is 11.5 Å². The Hall–Kier alpha value is -0.840. The first kappa shape index (κ1) is 15.2. The monoisotopic (exact) mass is 320 g/mol. The van der Waals surface area contributed by atoms with Crippen LogP contribution in [-0.4, -0.2) is 6.43 Å². The van der Waals surface area contributed by atoms with Crippen molar-refractivity contribution in [2.75, 3.05) is 11.5 Å². The van der Waals surface area contributed by atoms with Gasteiger partial charge in [-0.2, -0.15) is 0 Å². The van der Waals surface area contributed by atoms with Crippen molar-refractivity contribution >= 4 is 27.3 Å². The fourth-order valence-corrected chi connectivity index (χ4v) is 2.17. The van der Waals surface area contributed by atoms with Gasteiger partial charge < -0.3 is 11.5 Å². The third-order valence-electron chi connectivity index (χ3n) is 3.03. The molecular weight excluding hydrogens is 302 g/mol. The molecule has 2 rings (SSSR count). The molecule has 0 spiro atoms. The molecule has 1 aromatic carbocycles. The van der Waals surface area contributed by atoms with Gasteiger partial charge in [-0.25, -0.2) is 8.78 Å². The number of hydrogen-bond acceptors (Lipinski definition) is 2. The molecule has 4 N–H and O–H groups in total. The largest absolute Gasteiger partial charge is 0.397 e. The van der Waals surface area contributed by atoms with Gasteiger partial charge >= 0.3 is 0 Å². The van der Waals surface area contributed by atoms with E-state index in [1.807, 2.05) is 0 Å². The van der Waals surface area contributed by atoms with E-state index in [0.717, 1.165) is 5.92 Å². The van der Waals surface area contributed by atoms with E-state index in [0.29, 0.717) is 15.7 Å². The number of alkyl halides is 2. The Morgan fingerprint density at radius 3 is 2.28 bits per heavy atom. The van der Waals surface area contributed by atoms with Crippen LogP contribution in [0.25, 0.3) is 0 Å². The molecule has 2 nitrogen and oxygen atoms in total. The first-order valence-corrected chi connectivity index (χ1v) is 6.81. The lowest BCUT2D eigenvalue weighted by Gasteiger charge is -2.18. The molecule has 1 fully saturated rings. The summed E-state index contributed by atoms with van der Waals surface area (Å²) in [4.78, 5) is 0. The lowest BCUT2D eigenvalue weighted by Crippen LogP contribution is -2.04. The molecule has 0 aromatic heterocycles. The zero-order valence-corrected chi connectivity index (χ0v) is 12.0. The zero-order valence-electron chi connectivity index (χ0n) is 10.4. The molecular formula is C13H19BrF2N2. The molecule has 0 saturated heterocycles. The molecule has 0 amide bonds. The molecule has 0 atom stereocenters. The van der Waals surface area contributed by atoms with Gasteiger partial charge in [-0.3, -0.25) is 0 Å².